The van der Waals surface area contributed by atoms with E-state index in [2.05, 4.69) is 42.4 Å². The van der Waals surface area contributed by atoms with E-state index in [4.69, 9.17) is 9.47 Å². The van der Waals surface area contributed by atoms with Crippen LogP contribution >= 0.6 is 31.9 Å². The highest BCUT2D eigenvalue weighted by atomic mass is 79.9. The predicted molar refractivity (Wildman–Crippen MR) is 103 cm³/mol. The van der Waals surface area contributed by atoms with Gasteiger partial charge in [-0.15, -0.1) is 0 Å². The lowest BCUT2D eigenvalue weighted by Crippen LogP contribution is -2.17. The summed E-state index contributed by atoms with van der Waals surface area (Å²) in [5.41, 5.74) is 3.24. The zero-order chi connectivity index (χ0) is 18.4. The first-order valence-electron chi connectivity index (χ1n) is 7.28. The molecule has 0 aliphatic heterocycles. The van der Waals surface area contributed by atoms with Gasteiger partial charge >= 0.3 is 0 Å². The number of phenolic OH excluding ortho intramolecular Hbond substituents is 1. The number of phenols is 1. The van der Waals surface area contributed by atoms with Gasteiger partial charge in [-0.05, 0) is 53.2 Å². The molecule has 0 unspecified atom stereocenters. The lowest BCUT2D eigenvalue weighted by molar-refractivity contribution is 0.0954. The van der Waals surface area contributed by atoms with Crippen LogP contribution < -0.4 is 14.9 Å². The molecule has 0 fully saturated rings. The van der Waals surface area contributed by atoms with Gasteiger partial charge in [-0.1, -0.05) is 15.9 Å². The number of halogens is 2. The largest absolute Gasteiger partial charge is 0.506 e. The second-order valence-corrected chi connectivity index (χ2v) is 6.59. The molecule has 8 heteroatoms. The molecule has 0 aromatic heterocycles. The third-order valence-corrected chi connectivity index (χ3v) is 4.22. The van der Waals surface area contributed by atoms with Crippen molar-refractivity contribution in [1.29, 1.82) is 0 Å². The molecule has 0 aliphatic carbocycles. The Morgan fingerprint density at radius 1 is 1.28 bits per heavy atom. The number of ether oxygens (including phenoxy) is 2. The summed E-state index contributed by atoms with van der Waals surface area (Å²) in [6.07, 6.45) is 1.36. The molecule has 2 rings (SSSR count). The molecule has 0 bridgehead atoms. The van der Waals surface area contributed by atoms with E-state index in [1.807, 2.05) is 6.92 Å². The third-order valence-electron chi connectivity index (χ3n) is 3.15. The molecule has 2 aromatic carbocycles. The summed E-state index contributed by atoms with van der Waals surface area (Å²) < 4.78 is 11.9. The van der Waals surface area contributed by atoms with Crippen molar-refractivity contribution in [1.82, 2.24) is 5.43 Å². The molecule has 0 saturated heterocycles. The summed E-state index contributed by atoms with van der Waals surface area (Å²) in [7, 11) is 1.53. The third kappa shape index (κ3) is 4.96. The minimum Gasteiger partial charge on any atom is -0.506 e. The van der Waals surface area contributed by atoms with Gasteiger partial charge in [0.1, 0.15) is 5.75 Å². The number of amides is 1. The van der Waals surface area contributed by atoms with Gasteiger partial charge in [-0.3, -0.25) is 4.79 Å². The van der Waals surface area contributed by atoms with Crippen molar-refractivity contribution in [2.45, 2.75) is 6.92 Å². The van der Waals surface area contributed by atoms with E-state index < -0.39 is 5.91 Å². The van der Waals surface area contributed by atoms with Crippen LogP contribution in [0.15, 0.2) is 44.4 Å². The number of hydrazone groups is 1. The Labute approximate surface area is 162 Å². The minimum atomic E-state index is -0.409. The fourth-order valence-corrected chi connectivity index (χ4v) is 3.25. The summed E-state index contributed by atoms with van der Waals surface area (Å²) in [4.78, 5) is 12.2. The van der Waals surface area contributed by atoms with E-state index in [0.717, 1.165) is 4.47 Å². The van der Waals surface area contributed by atoms with E-state index in [9.17, 15) is 9.90 Å². The monoisotopic (exact) mass is 470 g/mol. The first-order valence-corrected chi connectivity index (χ1v) is 8.87. The summed E-state index contributed by atoms with van der Waals surface area (Å²) in [6, 6.07) is 8.23. The van der Waals surface area contributed by atoms with Gasteiger partial charge in [-0.25, -0.2) is 5.43 Å². The van der Waals surface area contributed by atoms with Crippen LogP contribution in [0.5, 0.6) is 17.2 Å². The number of benzene rings is 2. The molecule has 2 N–H and O–H groups in total. The first-order chi connectivity index (χ1) is 12.0. The second kappa shape index (κ2) is 8.87. The number of carbonyl (C=O) groups excluding carboxylic acids is 1. The maximum absolute atomic E-state index is 12.2. The topological polar surface area (TPSA) is 80.2 Å². The standard InChI is InChI=1S/C17H16Br2N2O4/c1-3-25-15-7-10(4-5-14(15)24-2)17(23)21-20-9-11-6-12(18)8-13(19)16(11)22/h4-9,22H,3H2,1-2H3,(H,21,23)/b20-9+. The highest BCUT2D eigenvalue weighted by molar-refractivity contribution is 9.11. The van der Waals surface area contributed by atoms with E-state index in [1.54, 1.807) is 30.3 Å². The highest BCUT2D eigenvalue weighted by Gasteiger charge is 2.11. The number of rotatable bonds is 6. The van der Waals surface area contributed by atoms with Crippen molar-refractivity contribution in [2.24, 2.45) is 5.10 Å². The Bertz CT molecular complexity index is 809. The predicted octanol–water partition coefficient (Wildman–Crippen LogP) is 4.09. The van der Waals surface area contributed by atoms with Crippen LogP contribution in [-0.2, 0) is 0 Å². The average Bonchev–Trinajstić information content (AvgIpc) is 2.59. The van der Waals surface area contributed by atoms with Gasteiger partial charge in [0.05, 0.1) is 24.4 Å². The number of aromatic hydroxyl groups is 1. The number of methoxy groups -OCH3 is 1. The molecule has 6 nitrogen and oxygen atoms in total. The van der Waals surface area contributed by atoms with Gasteiger partial charge in [0.15, 0.2) is 11.5 Å². The molecule has 132 valence electrons. The van der Waals surface area contributed by atoms with Crippen molar-refractivity contribution in [3.8, 4) is 17.2 Å². The quantitative estimate of drug-likeness (QED) is 0.491. The lowest BCUT2D eigenvalue weighted by atomic mass is 10.2. The first kappa shape index (κ1) is 19.3. The Morgan fingerprint density at radius 2 is 2.04 bits per heavy atom. The molecule has 0 atom stereocenters. The van der Waals surface area contributed by atoms with Gasteiger partial charge in [-0.2, -0.15) is 5.10 Å². The van der Waals surface area contributed by atoms with Gasteiger partial charge in [0, 0.05) is 15.6 Å². The zero-order valence-electron chi connectivity index (χ0n) is 13.5. The SMILES string of the molecule is CCOc1cc(C(=O)N/N=C/c2cc(Br)cc(Br)c2O)ccc1OC. The molecule has 0 radical (unpaired) electrons. The van der Waals surface area contributed by atoms with Crippen molar-refractivity contribution >= 4 is 44.0 Å². The Kier molecular flexibility index (Phi) is 6.83. The smallest absolute Gasteiger partial charge is 0.271 e. The van der Waals surface area contributed by atoms with Gasteiger partial charge in [0.2, 0.25) is 0 Å². The summed E-state index contributed by atoms with van der Waals surface area (Å²) in [5, 5.41) is 13.8. The summed E-state index contributed by atoms with van der Waals surface area (Å²) >= 11 is 6.56. The van der Waals surface area contributed by atoms with Gasteiger partial charge < -0.3 is 14.6 Å². The Hall–Kier alpha value is -2.06. The number of nitrogens with one attached hydrogen (secondary N) is 1. The Balaban J connectivity index is 2.14. The van der Waals surface area contributed by atoms with Crippen molar-refractivity contribution in [2.75, 3.05) is 13.7 Å². The summed E-state index contributed by atoms with van der Waals surface area (Å²) in [6.45, 7) is 2.30. The average molecular weight is 472 g/mol. The fraction of sp³-hybridized carbons (Fsp3) is 0.176. The van der Waals surface area contributed by atoms with E-state index >= 15 is 0 Å². The summed E-state index contributed by atoms with van der Waals surface area (Å²) in [5.74, 6) is 0.652. The lowest BCUT2D eigenvalue weighted by Gasteiger charge is -2.10. The Morgan fingerprint density at radius 3 is 2.72 bits per heavy atom. The molecular weight excluding hydrogens is 456 g/mol. The maximum atomic E-state index is 12.2. The number of hydrogen-bond donors (Lipinski definition) is 2. The van der Waals surface area contributed by atoms with E-state index in [-0.39, 0.29) is 5.75 Å². The van der Waals surface area contributed by atoms with Crippen LogP contribution in [0.4, 0.5) is 0 Å². The molecule has 0 heterocycles. The maximum Gasteiger partial charge on any atom is 0.271 e. The van der Waals surface area contributed by atoms with Crippen LogP contribution in [-0.4, -0.2) is 30.9 Å². The minimum absolute atomic E-state index is 0.0317. The van der Waals surface area contributed by atoms with Crippen LogP contribution in [0, 0.1) is 0 Å². The molecule has 1 amide bonds. The zero-order valence-corrected chi connectivity index (χ0v) is 16.7. The van der Waals surface area contributed by atoms with E-state index in [1.165, 1.54) is 13.3 Å². The van der Waals surface area contributed by atoms with Crippen LogP contribution in [0.1, 0.15) is 22.8 Å². The molecule has 0 spiro atoms. The van der Waals surface area contributed by atoms with Gasteiger partial charge in [0.25, 0.3) is 5.91 Å². The molecule has 25 heavy (non-hydrogen) atoms. The van der Waals surface area contributed by atoms with Crippen molar-refractivity contribution in [3.63, 3.8) is 0 Å². The molecular formula is C17H16Br2N2O4. The van der Waals surface area contributed by atoms with Crippen LogP contribution in [0.2, 0.25) is 0 Å². The number of nitrogens with zero attached hydrogens (tertiary/aromatic N) is 1. The highest BCUT2D eigenvalue weighted by Crippen LogP contribution is 2.30. The van der Waals surface area contributed by atoms with Crippen molar-refractivity contribution < 1.29 is 19.4 Å². The molecule has 0 aliphatic rings. The number of hydrogen-bond acceptors (Lipinski definition) is 5. The van der Waals surface area contributed by atoms with Crippen molar-refractivity contribution in [3.05, 3.63) is 50.4 Å². The van der Waals surface area contributed by atoms with Crippen LogP contribution in [0.25, 0.3) is 0 Å². The molecule has 0 saturated carbocycles. The second-order valence-electron chi connectivity index (χ2n) is 4.82. The number of carbonyl (C=O) groups is 1. The normalized spacial score (nSPS) is 10.7. The fourth-order valence-electron chi connectivity index (χ4n) is 2.00. The van der Waals surface area contributed by atoms with E-state index in [0.29, 0.717) is 33.7 Å². The van der Waals surface area contributed by atoms with Crippen LogP contribution in [0.3, 0.4) is 0 Å². The molecule has 2 aromatic rings.